The number of rotatable bonds is 6. The molecule has 0 radical (unpaired) electrons. The molecule has 2 aromatic carbocycles. The minimum atomic E-state index is -0.309. The maximum Gasteiger partial charge on any atom is 0.272 e. The van der Waals surface area contributed by atoms with E-state index < -0.39 is 0 Å². The molecule has 1 amide bonds. The summed E-state index contributed by atoms with van der Waals surface area (Å²) in [5.74, 6) is 0.678. The standard InChI is InChI=1S/C24H17FN4O3/c25-18-9-7-15(8-10-18)17-12-20(26-14-17)24(30)27-19-5-2-1-4-16(19)13-22-28-23(29-32-22)21-6-3-11-31-21/h1-12,14,26H,13H2,(H,27,30). The van der Waals surface area contributed by atoms with Crippen molar-refractivity contribution >= 4 is 11.6 Å². The van der Waals surface area contributed by atoms with Crippen LogP contribution in [0.1, 0.15) is 21.9 Å². The van der Waals surface area contributed by atoms with Gasteiger partial charge in [0.05, 0.1) is 12.7 Å². The fourth-order valence-corrected chi connectivity index (χ4v) is 3.32. The van der Waals surface area contributed by atoms with Crippen LogP contribution in [-0.2, 0) is 6.42 Å². The number of benzene rings is 2. The van der Waals surface area contributed by atoms with E-state index in [9.17, 15) is 9.18 Å². The summed E-state index contributed by atoms with van der Waals surface area (Å²) in [4.78, 5) is 20.1. The van der Waals surface area contributed by atoms with E-state index in [1.54, 1.807) is 42.6 Å². The fraction of sp³-hybridized carbons (Fsp3) is 0.0417. The third kappa shape index (κ3) is 4.06. The number of amides is 1. The second-order valence-electron chi connectivity index (χ2n) is 7.09. The van der Waals surface area contributed by atoms with Crippen molar-refractivity contribution in [1.82, 2.24) is 15.1 Å². The van der Waals surface area contributed by atoms with Crippen molar-refractivity contribution in [3.63, 3.8) is 0 Å². The highest BCUT2D eigenvalue weighted by atomic mass is 19.1. The third-order valence-electron chi connectivity index (χ3n) is 4.92. The Morgan fingerprint density at radius 3 is 2.69 bits per heavy atom. The van der Waals surface area contributed by atoms with Crippen LogP contribution in [0, 0.1) is 5.82 Å². The van der Waals surface area contributed by atoms with Crippen molar-refractivity contribution in [2.45, 2.75) is 6.42 Å². The number of nitrogens with zero attached hydrogens (tertiary/aromatic N) is 2. The third-order valence-corrected chi connectivity index (χ3v) is 4.92. The van der Waals surface area contributed by atoms with Gasteiger partial charge in [-0.05, 0) is 53.1 Å². The minimum absolute atomic E-state index is 0.299. The molecule has 0 unspecified atom stereocenters. The Bertz CT molecular complexity index is 1350. The Morgan fingerprint density at radius 2 is 1.88 bits per heavy atom. The lowest BCUT2D eigenvalue weighted by atomic mass is 10.1. The van der Waals surface area contributed by atoms with Crippen molar-refractivity contribution in [2.75, 3.05) is 5.32 Å². The molecular formula is C24H17FN4O3. The summed E-state index contributed by atoms with van der Waals surface area (Å²) in [7, 11) is 0. The van der Waals surface area contributed by atoms with Gasteiger partial charge in [0.15, 0.2) is 5.76 Å². The molecule has 0 spiro atoms. The van der Waals surface area contributed by atoms with Crippen molar-refractivity contribution in [3.05, 3.63) is 102 Å². The van der Waals surface area contributed by atoms with E-state index >= 15 is 0 Å². The average Bonchev–Trinajstić information content (AvgIpc) is 3.57. The molecule has 0 fully saturated rings. The number of aromatic nitrogens is 3. The number of hydrogen-bond acceptors (Lipinski definition) is 5. The van der Waals surface area contributed by atoms with Crippen LogP contribution in [0.4, 0.5) is 10.1 Å². The topological polar surface area (TPSA) is 97.0 Å². The van der Waals surface area contributed by atoms with Gasteiger partial charge in [-0.1, -0.05) is 35.5 Å². The minimum Gasteiger partial charge on any atom is -0.461 e. The van der Waals surface area contributed by atoms with E-state index in [-0.39, 0.29) is 11.7 Å². The van der Waals surface area contributed by atoms with Crippen LogP contribution in [0.15, 0.2) is 88.1 Å². The number of carbonyl (C=O) groups is 1. The molecule has 0 saturated carbocycles. The molecule has 2 N–H and O–H groups in total. The fourth-order valence-electron chi connectivity index (χ4n) is 3.32. The lowest BCUT2D eigenvalue weighted by Gasteiger charge is -2.09. The molecule has 0 saturated heterocycles. The molecule has 5 aromatic rings. The Hall–Kier alpha value is -4.46. The molecule has 3 heterocycles. The van der Waals surface area contributed by atoms with Gasteiger partial charge in [-0.15, -0.1) is 0 Å². The molecular weight excluding hydrogens is 411 g/mol. The second-order valence-corrected chi connectivity index (χ2v) is 7.09. The van der Waals surface area contributed by atoms with Gasteiger partial charge in [-0.3, -0.25) is 4.79 Å². The Kier molecular flexibility index (Phi) is 5.09. The number of anilines is 1. The molecule has 0 bridgehead atoms. The number of aromatic amines is 1. The van der Waals surface area contributed by atoms with E-state index in [4.69, 9.17) is 8.94 Å². The summed E-state index contributed by atoms with van der Waals surface area (Å²) >= 11 is 0. The number of carbonyl (C=O) groups excluding carboxylic acids is 1. The zero-order valence-corrected chi connectivity index (χ0v) is 16.7. The monoisotopic (exact) mass is 428 g/mol. The van der Waals surface area contributed by atoms with Crippen LogP contribution >= 0.6 is 0 Å². The summed E-state index contributed by atoms with van der Waals surface area (Å²) in [6, 6.07) is 18.7. The zero-order valence-electron chi connectivity index (χ0n) is 16.7. The maximum atomic E-state index is 13.2. The molecule has 3 aromatic heterocycles. The van der Waals surface area contributed by atoms with E-state index in [0.717, 1.165) is 16.7 Å². The van der Waals surface area contributed by atoms with E-state index in [2.05, 4.69) is 20.4 Å². The van der Waals surface area contributed by atoms with Crippen LogP contribution in [0.5, 0.6) is 0 Å². The summed E-state index contributed by atoms with van der Waals surface area (Å²) in [6.07, 6.45) is 3.59. The van der Waals surface area contributed by atoms with Crippen LogP contribution in [0.25, 0.3) is 22.7 Å². The quantitative estimate of drug-likeness (QED) is 0.382. The Balaban J connectivity index is 1.32. The van der Waals surface area contributed by atoms with Gasteiger partial charge in [-0.2, -0.15) is 4.98 Å². The number of para-hydroxylation sites is 1. The zero-order chi connectivity index (χ0) is 21.9. The highest BCUT2D eigenvalue weighted by Gasteiger charge is 2.15. The average molecular weight is 428 g/mol. The van der Waals surface area contributed by atoms with Crippen LogP contribution in [0.2, 0.25) is 0 Å². The van der Waals surface area contributed by atoms with Crippen molar-refractivity contribution in [1.29, 1.82) is 0 Å². The number of furan rings is 1. The summed E-state index contributed by atoms with van der Waals surface area (Å²) in [6.45, 7) is 0. The number of H-pyrrole nitrogens is 1. The Labute approximate surface area is 181 Å². The normalized spacial score (nSPS) is 10.9. The highest BCUT2D eigenvalue weighted by Crippen LogP contribution is 2.24. The van der Waals surface area contributed by atoms with Gasteiger partial charge in [0.25, 0.3) is 5.91 Å². The first-order valence-corrected chi connectivity index (χ1v) is 9.86. The van der Waals surface area contributed by atoms with Gasteiger partial charge < -0.3 is 19.2 Å². The molecule has 0 atom stereocenters. The molecule has 7 nitrogen and oxygen atoms in total. The van der Waals surface area contributed by atoms with Gasteiger partial charge in [0, 0.05) is 11.9 Å². The van der Waals surface area contributed by atoms with E-state index in [1.807, 2.05) is 18.2 Å². The van der Waals surface area contributed by atoms with Crippen LogP contribution in [-0.4, -0.2) is 21.0 Å². The van der Waals surface area contributed by atoms with Crippen molar-refractivity contribution in [2.24, 2.45) is 0 Å². The molecule has 158 valence electrons. The first-order valence-electron chi connectivity index (χ1n) is 9.86. The van der Waals surface area contributed by atoms with Crippen LogP contribution < -0.4 is 5.32 Å². The maximum absolute atomic E-state index is 13.2. The van der Waals surface area contributed by atoms with Crippen molar-refractivity contribution < 1.29 is 18.1 Å². The predicted octanol–water partition coefficient (Wildman–Crippen LogP) is 5.31. The van der Waals surface area contributed by atoms with Gasteiger partial charge in [-0.25, -0.2) is 4.39 Å². The molecule has 5 rings (SSSR count). The molecule has 0 aliphatic carbocycles. The molecule has 0 aliphatic heterocycles. The van der Waals surface area contributed by atoms with E-state index in [1.165, 1.54) is 18.4 Å². The number of hydrogen-bond donors (Lipinski definition) is 2. The van der Waals surface area contributed by atoms with Gasteiger partial charge in [0.2, 0.25) is 11.7 Å². The first kappa shape index (κ1) is 19.5. The largest absolute Gasteiger partial charge is 0.461 e. The summed E-state index contributed by atoms with van der Waals surface area (Å²) in [5.41, 5.74) is 3.44. The smallest absolute Gasteiger partial charge is 0.272 e. The first-order chi connectivity index (χ1) is 15.7. The lowest BCUT2D eigenvalue weighted by Crippen LogP contribution is -2.13. The Morgan fingerprint density at radius 1 is 1.03 bits per heavy atom. The number of nitrogens with one attached hydrogen (secondary N) is 2. The predicted molar refractivity (Wildman–Crippen MR) is 115 cm³/mol. The molecule has 32 heavy (non-hydrogen) atoms. The number of halogens is 1. The molecule has 0 aliphatic rings. The van der Waals surface area contributed by atoms with Gasteiger partial charge in [0.1, 0.15) is 11.5 Å². The van der Waals surface area contributed by atoms with Crippen molar-refractivity contribution in [3.8, 4) is 22.7 Å². The van der Waals surface area contributed by atoms with Crippen LogP contribution in [0.3, 0.4) is 0 Å². The lowest BCUT2D eigenvalue weighted by molar-refractivity contribution is 0.102. The van der Waals surface area contributed by atoms with Gasteiger partial charge >= 0.3 is 0 Å². The second kappa shape index (κ2) is 8.35. The molecule has 8 heteroatoms. The highest BCUT2D eigenvalue weighted by molar-refractivity contribution is 6.04. The summed E-state index contributed by atoms with van der Waals surface area (Å²) in [5, 5.41) is 6.85. The SMILES string of the molecule is O=C(Nc1ccccc1Cc1nc(-c2ccco2)no1)c1cc(-c2ccc(F)cc2)c[nH]1. The van der Waals surface area contributed by atoms with E-state index in [0.29, 0.717) is 35.3 Å². The summed E-state index contributed by atoms with van der Waals surface area (Å²) < 4.78 is 23.8.